The zero-order chi connectivity index (χ0) is 18.9. The summed E-state index contributed by atoms with van der Waals surface area (Å²) in [7, 11) is -3.62. The SMILES string of the molecule is N#Cc1ccc(S(=O)(=O)N2CCC(Oc3cnc4ccccc4n3)C2)cc1. The minimum atomic E-state index is -3.62. The molecule has 4 rings (SSSR count). The molecule has 0 bridgehead atoms. The van der Waals surface area contributed by atoms with Crippen molar-refractivity contribution in [3.8, 4) is 11.9 Å². The topological polar surface area (TPSA) is 96.2 Å². The average Bonchev–Trinajstić information content (AvgIpc) is 3.17. The van der Waals surface area contributed by atoms with Gasteiger partial charge in [0.25, 0.3) is 0 Å². The van der Waals surface area contributed by atoms with E-state index in [1.165, 1.54) is 28.6 Å². The molecule has 3 aromatic rings. The standard InChI is InChI=1S/C19H16N4O3S/c20-11-14-5-7-16(8-6-14)27(24,25)23-10-9-15(13-23)26-19-12-21-17-3-1-2-4-18(17)22-19/h1-8,12,15H,9-10,13H2. The lowest BCUT2D eigenvalue weighted by atomic mass is 10.2. The van der Waals surface area contributed by atoms with E-state index in [4.69, 9.17) is 10.00 Å². The van der Waals surface area contributed by atoms with Crippen molar-refractivity contribution < 1.29 is 13.2 Å². The molecule has 1 aromatic heterocycles. The first-order valence-electron chi connectivity index (χ1n) is 8.45. The first-order valence-corrected chi connectivity index (χ1v) is 9.89. The maximum Gasteiger partial charge on any atom is 0.243 e. The Labute approximate surface area is 156 Å². The average molecular weight is 380 g/mol. The molecule has 0 saturated carbocycles. The van der Waals surface area contributed by atoms with Gasteiger partial charge in [-0.3, -0.25) is 0 Å². The van der Waals surface area contributed by atoms with Crippen LogP contribution in [0.1, 0.15) is 12.0 Å². The van der Waals surface area contributed by atoms with Crippen LogP contribution in [0.2, 0.25) is 0 Å². The summed E-state index contributed by atoms with van der Waals surface area (Å²) in [4.78, 5) is 8.90. The maximum absolute atomic E-state index is 12.8. The summed E-state index contributed by atoms with van der Waals surface area (Å²) in [6, 6.07) is 15.4. The van der Waals surface area contributed by atoms with Gasteiger partial charge in [-0.15, -0.1) is 0 Å². The molecule has 0 spiro atoms. The number of para-hydroxylation sites is 2. The van der Waals surface area contributed by atoms with Crippen molar-refractivity contribution in [3.63, 3.8) is 0 Å². The van der Waals surface area contributed by atoms with Crippen molar-refractivity contribution in [1.82, 2.24) is 14.3 Å². The molecule has 0 amide bonds. The van der Waals surface area contributed by atoms with Crippen LogP contribution in [0.25, 0.3) is 11.0 Å². The summed E-state index contributed by atoms with van der Waals surface area (Å²) >= 11 is 0. The number of hydrogen-bond donors (Lipinski definition) is 0. The van der Waals surface area contributed by atoms with Gasteiger partial charge in [0.15, 0.2) is 0 Å². The summed E-state index contributed by atoms with van der Waals surface area (Å²) < 4.78 is 32.8. The summed E-state index contributed by atoms with van der Waals surface area (Å²) in [5.74, 6) is 0.385. The van der Waals surface area contributed by atoms with Crippen molar-refractivity contribution in [1.29, 1.82) is 5.26 Å². The fourth-order valence-electron chi connectivity index (χ4n) is 3.03. The Morgan fingerprint density at radius 3 is 2.59 bits per heavy atom. The number of aromatic nitrogens is 2. The monoisotopic (exact) mass is 380 g/mol. The van der Waals surface area contributed by atoms with Gasteiger partial charge in [0.05, 0.1) is 40.3 Å². The molecule has 2 heterocycles. The van der Waals surface area contributed by atoms with Crippen molar-refractivity contribution in [2.75, 3.05) is 13.1 Å². The maximum atomic E-state index is 12.8. The van der Waals surface area contributed by atoms with Crippen LogP contribution in [0.15, 0.2) is 59.6 Å². The number of sulfonamides is 1. The Kier molecular flexibility index (Phi) is 4.48. The smallest absolute Gasteiger partial charge is 0.243 e. The molecule has 1 saturated heterocycles. The van der Waals surface area contributed by atoms with Crippen molar-refractivity contribution in [2.24, 2.45) is 0 Å². The highest BCUT2D eigenvalue weighted by molar-refractivity contribution is 7.89. The van der Waals surface area contributed by atoms with Gasteiger partial charge in [-0.1, -0.05) is 12.1 Å². The zero-order valence-electron chi connectivity index (χ0n) is 14.3. The Hall–Kier alpha value is -3.02. The highest BCUT2D eigenvalue weighted by atomic mass is 32.2. The predicted molar refractivity (Wildman–Crippen MR) is 98.5 cm³/mol. The Bertz CT molecular complexity index is 1120. The van der Waals surface area contributed by atoms with Crippen LogP contribution in [0.4, 0.5) is 0 Å². The molecule has 1 unspecified atom stereocenters. The molecule has 1 aliphatic rings. The third-order valence-electron chi connectivity index (χ3n) is 4.44. The van der Waals surface area contributed by atoms with Gasteiger partial charge in [-0.2, -0.15) is 9.57 Å². The van der Waals surface area contributed by atoms with E-state index in [1.54, 1.807) is 6.20 Å². The summed E-state index contributed by atoms with van der Waals surface area (Å²) in [5.41, 5.74) is 1.93. The van der Waals surface area contributed by atoms with E-state index in [9.17, 15) is 8.42 Å². The van der Waals surface area contributed by atoms with Gasteiger partial charge in [-0.25, -0.2) is 18.4 Å². The molecule has 0 radical (unpaired) electrons. The molecule has 7 nitrogen and oxygen atoms in total. The second-order valence-corrected chi connectivity index (χ2v) is 8.16. The van der Waals surface area contributed by atoms with E-state index in [0.29, 0.717) is 24.4 Å². The Morgan fingerprint density at radius 1 is 1.11 bits per heavy atom. The second kappa shape index (κ2) is 6.95. The number of nitrogens with zero attached hydrogens (tertiary/aromatic N) is 4. The molecule has 1 atom stereocenters. The molecule has 1 aliphatic heterocycles. The molecule has 1 fully saturated rings. The molecule has 2 aromatic carbocycles. The zero-order valence-corrected chi connectivity index (χ0v) is 15.1. The lowest BCUT2D eigenvalue weighted by Gasteiger charge is -2.17. The van der Waals surface area contributed by atoms with Gasteiger partial charge >= 0.3 is 0 Å². The molecule has 27 heavy (non-hydrogen) atoms. The summed E-state index contributed by atoms with van der Waals surface area (Å²) in [5, 5.41) is 8.85. The Balaban J connectivity index is 1.48. The van der Waals surface area contributed by atoms with Gasteiger partial charge in [0.2, 0.25) is 15.9 Å². The van der Waals surface area contributed by atoms with Gasteiger partial charge < -0.3 is 4.74 Å². The fourth-order valence-corrected chi connectivity index (χ4v) is 4.52. The number of ether oxygens (including phenoxy) is 1. The Morgan fingerprint density at radius 2 is 1.85 bits per heavy atom. The van der Waals surface area contributed by atoms with Crippen LogP contribution in [0, 0.1) is 11.3 Å². The van der Waals surface area contributed by atoms with Crippen molar-refractivity contribution in [2.45, 2.75) is 17.4 Å². The number of nitriles is 1. The molecule has 0 aliphatic carbocycles. The predicted octanol–water partition coefficient (Wildman–Crippen LogP) is 2.34. The highest BCUT2D eigenvalue weighted by Crippen LogP contribution is 2.24. The van der Waals surface area contributed by atoms with Crippen LogP contribution in [0.3, 0.4) is 0 Å². The second-order valence-electron chi connectivity index (χ2n) is 6.22. The van der Waals surface area contributed by atoms with Crippen LogP contribution in [-0.2, 0) is 10.0 Å². The van der Waals surface area contributed by atoms with E-state index < -0.39 is 10.0 Å². The van der Waals surface area contributed by atoms with Crippen molar-refractivity contribution >= 4 is 21.1 Å². The number of hydrogen-bond acceptors (Lipinski definition) is 6. The quantitative estimate of drug-likeness (QED) is 0.689. The van der Waals surface area contributed by atoms with Gasteiger partial charge in [-0.05, 0) is 42.8 Å². The van der Waals surface area contributed by atoms with Crippen LogP contribution < -0.4 is 4.74 Å². The third kappa shape index (κ3) is 3.47. The van der Waals surface area contributed by atoms with Crippen molar-refractivity contribution in [3.05, 3.63) is 60.3 Å². The molecule has 136 valence electrons. The molecular weight excluding hydrogens is 364 g/mol. The van der Waals surface area contributed by atoms with E-state index in [1.807, 2.05) is 30.3 Å². The lowest BCUT2D eigenvalue weighted by Crippen LogP contribution is -2.31. The normalized spacial score (nSPS) is 17.7. The van der Waals surface area contributed by atoms with Crippen LogP contribution in [0.5, 0.6) is 5.88 Å². The van der Waals surface area contributed by atoms with E-state index >= 15 is 0 Å². The fraction of sp³-hybridized carbons (Fsp3) is 0.211. The molecule has 0 N–H and O–H groups in total. The van der Waals surface area contributed by atoms with Crippen LogP contribution >= 0.6 is 0 Å². The first kappa shape index (κ1) is 17.4. The molecular formula is C19H16N4O3S. The summed E-state index contributed by atoms with van der Waals surface area (Å²) in [6.45, 7) is 0.616. The van der Waals surface area contributed by atoms with Gasteiger partial charge in [0, 0.05) is 6.54 Å². The molecule has 8 heteroatoms. The number of fused-ring (bicyclic) bond motifs is 1. The largest absolute Gasteiger partial charge is 0.472 e. The lowest BCUT2D eigenvalue weighted by molar-refractivity contribution is 0.207. The minimum Gasteiger partial charge on any atom is -0.472 e. The van der Waals surface area contributed by atoms with E-state index in [-0.39, 0.29) is 17.5 Å². The minimum absolute atomic E-state index is 0.174. The third-order valence-corrected chi connectivity index (χ3v) is 6.32. The van der Waals surface area contributed by atoms with E-state index in [2.05, 4.69) is 9.97 Å². The van der Waals surface area contributed by atoms with Crippen LogP contribution in [-0.4, -0.2) is 41.9 Å². The van der Waals surface area contributed by atoms with Gasteiger partial charge in [0.1, 0.15) is 6.10 Å². The summed E-state index contributed by atoms with van der Waals surface area (Å²) in [6.07, 6.45) is 1.85. The first-order chi connectivity index (χ1) is 13.1. The highest BCUT2D eigenvalue weighted by Gasteiger charge is 2.33. The number of benzene rings is 2. The van der Waals surface area contributed by atoms with E-state index in [0.717, 1.165) is 11.0 Å². The number of rotatable bonds is 4.